The van der Waals surface area contributed by atoms with Crippen LogP contribution in [-0.2, 0) is 14.3 Å². The largest absolute Gasteiger partial charge is 0.379 e. The van der Waals surface area contributed by atoms with Crippen LogP contribution in [0.25, 0.3) is 0 Å². The molecule has 0 spiro atoms. The number of rotatable bonds is 8. The second-order valence-corrected chi connectivity index (χ2v) is 8.31. The normalized spacial score (nSPS) is 26.6. The molecular formula is C21H38N4O3. The lowest BCUT2D eigenvalue weighted by Gasteiger charge is -2.26. The number of carbonyl (C=O) groups excluding carboxylic acids is 1. The molecule has 0 bridgehead atoms. The quantitative estimate of drug-likeness (QED) is 0.374. The number of hydrogen-bond donors (Lipinski definition) is 2. The van der Waals surface area contributed by atoms with Gasteiger partial charge in [0.05, 0.1) is 12.7 Å². The number of carbonyl (C=O) groups is 1. The van der Waals surface area contributed by atoms with Gasteiger partial charge in [-0.2, -0.15) is 0 Å². The molecule has 160 valence electrons. The summed E-state index contributed by atoms with van der Waals surface area (Å²) in [5, 5.41) is 6.83. The maximum absolute atomic E-state index is 12.7. The fourth-order valence-corrected chi connectivity index (χ4v) is 4.45. The summed E-state index contributed by atoms with van der Waals surface area (Å²) < 4.78 is 11.3. The van der Waals surface area contributed by atoms with Gasteiger partial charge in [0.2, 0.25) is 5.91 Å². The number of likely N-dealkylation sites (tertiary alicyclic amines) is 1. The van der Waals surface area contributed by atoms with E-state index in [1.165, 1.54) is 19.3 Å². The third-order valence-corrected chi connectivity index (χ3v) is 6.10. The molecule has 0 aromatic carbocycles. The molecule has 0 aromatic heterocycles. The number of ether oxygens (including phenoxy) is 2. The Morgan fingerprint density at radius 1 is 1.18 bits per heavy atom. The van der Waals surface area contributed by atoms with Crippen LogP contribution in [0.15, 0.2) is 4.99 Å². The van der Waals surface area contributed by atoms with Gasteiger partial charge in [0.15, 0.2) is 5.96 Å². The maximum atomic E-state index is 12.7. The van der Waals surface area contributed by atoms with Gasteiger partial charge in [0.1, 0.15) is 0 Å². The van der Waals surface area contributed by atoms with E-state index in [-0.39, 0.29) is 12.0 Å². The SMILES string of the molecule is CN=C(NCCCOCC1CCCO1)NC1CCN(C(=O)C2CCCCC2)C1. The maximum Gasteiger partial charge on any atom is 0.225 e. The second-order valence-electron chi connectivity index (χ2n) is 8.31. The van der Waals surface area contributed by atoms with Crippen LogP contribution >= 0.6 is 0 Å². The molecule has 28 heavy (non-hydrogen) atoms. The zero-order valence-electron chi connectivity index (χ0n) is 17.5. The van der Waals surface area contributed by atoms with Gasteiger partial charge in [-0.15, -0.1) is 0 Å². The fraction of sp³-hybridized carbons (Fsp3) is 0.905. The van der Waals surface area contributed by atoms with Crippen LogP contribution < -0.4 is 10.6 Å². The van der Waals surface area contributed by atoms with Gasteiger partial charge >= 0.3 is 0 Å². The van der Waals surface area contributed by atoms with E-state index in [1.807, 2.05) is 0 Å². The Hall–Kier alpha value is -1.34. The summed E-state index contributed by atoms with van der Waals surface area (Å²) in [7, 11) is 1.79. The van der Waals surface area contributed by atoms with Crippen molar-refractivity contribution < 1.29 is 14.3 Å². The number of hydrogen-bond acceptors (Lipinski definition) is 4. The molecule has 2 N–H and O–H groups in total. The highest BCUT2D eigenvalue weighted by molar-refractivity contribution is 5.81. The van der Waals surface area contributed by atoms with Crippen LogP contribution in [0.1, 0.15) is 57.8 Å². The summed E-state index contributed by atoms with van der Waals surface area (Å²) in [6.45, 7) is 4.80. The Balaban J connectivity index is 1.27. The van der Waals surface area contributed by atoms with Gasteiger partial charge in [0, 0.05) is 51.9 Å². The highest BCUT2D eigenvalue weighted by atomic mass is 16.5. The molecule has 0 aromatic rings. The predicted octanol–water partition coefficient (Wildman–Crippen LogP) is 1.92. The fourth-order valence-electron chi connectivity index (χ4n) is 4.45. The molecule has 2 atom stereocenters. The van der Waals surface area contributed by atoms with E-state index >= 15 is 0 Å². The van der Waals surface area contributed by atoms with E-state index in [4.69, 9.17) is 9.47 Å². The zero-order valence-corrected chi connectivity index (χ0v) is 17.5. The number of guanidine groups is 1. The van der Waals surface area contributed by atoms with Crippen LogP contribution in [0.5, 0.6) is 0 Å². The van der Waals surface area contributed by atoms with Crippen molar-refractivity contribution in [1.82, 2.24) is 15.5 Å². The number of amides is 1. The first kappa shape index (κ1) is 21.4. The first-order valence-corrected chi connectivity index (χ1v) is 11.2. The summed E-state index contributed by atoms with van der Waals surface area (Å²) >= 11 is 0. The smallest absolute Gasteiger partial charge is 0.225 e. The van der Waals surface area contributed by atoms with E-state index in [0.29, 0.717) is 18.6 Å². The van der Waals surface area contributed by atoms with Crippen molar-refractivity contribution in [3.63, 3.8) is 0 Å². The molecule has 7 nitrogen and oxygen atoms in total. The Morgan fingerprint density at radius 3 is 2.79 bits per heavy atom. The van der Waals surface area contributed by atoms with Crippen molar-refractivity contribution in [2.75, 3.05) is 46.5 Å². The molecule has 2 aliphatic heterocycles. The number of aliphatic imine (C=N–C) groups is 1. The minimum absolute atomic E-state index is 0.263. The third kappa shape index (κ3) is 6.62. The molecule has 3 aliphatic rings. The van der Waals surface area contributed by atoms with Crippen molar-refractivity contribution in [3.8, 4) is 0 Å². The predicted molar refractivity (Wildman–Crippen MR) is 110 cm³/mol. The Labute approximate surface area is 169 Å². The van der Waals surface area contributed by atoms with Gasteiger partial charge in [-0.05, 0) is 38.5 Å². The topological polar surface area (TPSA) is 75.2 Å². The van der Waals surface area contributed by atoms with E-state index in [0.717, 1.165) is 77.3 Å². The Bertz CT molecular complexity index is 502. The molecule has 3 rings (SSSR count). The van der Waals surface area contributed by atoms with E-state index < -0.39 is 0 Å². The Morgan fingerprint density at radius 2 is 2.04 bits per heavy atom. The van der Waals surface area contributed by atoms with Crippen LogP contribution in [-0.4, -0.2) is 75.4 Å². The molecule has 0 radical (unpaired) electrons. The second kappa shape index (κ2) is 11.6. The minimum Gasteiger partial charge on any atom is -0.379 e. The first-order chi connectivity index (χ1) is 13.8. The molecule has 2 heterocycles. The third-order valence-electron chi connectivity index (χ3n) is 6.10. The minimum atomic E-state index is 0.263. The molecule has 1 amide bonds. The standard InChI is InChI=1S/C21H38N4O3/c1-22-21(23-11-6-13-27-16-19-9-5-14-28-19)24-18-10-12-25(15-18)20(26)17-7-3-2-4-8-17/h17-19H,2-16H2,1H3,(H2,22,23,24). The lowest BCUT2D eigenvalue weighted by molar-refractivity contribution is -0.135. The number of nitrogens with one attached hydrogen (secondary N) is 2. The van der Waals surface area contributed by atoms with Gasteiger partial charge in [-0.3, -0.25) is 9.79 Å². The highest BCUT2D eigenvalue weighted by Gasteiger charge is 2.31. The highest BCUT2D eigenvalue weighted by Crippen LogP contribution is 2.26. The molecular weight excluding hydrogens is 356 g/mol. The summed E-state index contributed by atoms with van der Waals surface area (Å²) in [6, 6.07) is 0.287. The summed E-state index contributed by atoms with van der Waals surface area (Å²) in [6.07, 6.45) is 10.4. The summed E-state index contributed by atoms with van der Waals surface area (Å²) in [4.78, 5) is 19.1. The van der Waals surface area contributed by atoms with Gasteiger partial charge in [0.25, 0.3) is 0 Å². The lowest BCUT2D eigenvalue weighted by atomic mass is 9.88. The zero-order chi connectivity index (χ0) is 19.6. The molecule has 1 aliphatic carbocycles. The van der Waals surface area contributed by atoms with E-state index in [2.05, 4.69) is 20.5 Å². The molecule has 2 saturated heterocycles. The number of nitrogens with zero attached hydrogens (tertiary/aromatic N) is 2. The molecule has 1 saturated carbocycles. The molecule has 7 heteroatoms. The van der Waals surface area contributed by atoms with Crippen molar-refractivity contribution >= 4 is 11.9 Å². The van der Waals surface area contributed by atoms with Gasteiger partial charge < -0.3 is 25.0 Å². The van der Waals surface area contributed by atoms with Crippen molar-refractivity contribution in [2.45, 2.75) is 69.9 Å². The summed E-state index contributed by atoms with van der Waals surface area (Å²) in [5.41, 5.74) is 0. The van der Waals surface area contributed by atoms with Crippen LogP contribution in [0.2, 0.25) is 0 Å². The first-order valence-electron chi connectivity index (χ1n) is 11.2. The van der Waals surface area contributed by atoms with Gasteiger partial charge in [-0.25, -0.2) is 0 Å². The van der Waals surface area contributed by atoms with Crippen LogP contribution in [0.4, 0.5) is 0 Å². The van der Waals surface area contributed by atoms with Crippen LogP contribution in [0.3, 0.4) is 0 Å². The lowest BCUT2D eigenvalue weighted by Crippen LogP contribution is -2.45. The average Bonchev–Trinajstić information content (AvgIpc) is 3.42. The van der Waals surface area contributed by atoms with E-state index in [9.17, 15) is 4.79 Å². The monoisotopic (exact) mass is 394 g/mol. The molecule has 3 fully saturated rings. The average molecular weight is 395 g/mol. The van der Waals surface area contributed by atoms with Crippen molar-refractivity contribution in [3.05, 3.63) is 0 Å². The van der Waals surface area contributed by atoms with Crippen molar-refractivity contribution in [1.29, 1.82) is 0 Å². The van der Waals surface area contributed by atoms with E-state index in [1.54, 1.807) is 7.05 Å². The van der Waals surface area contributed by atoms with Gasteiger partial charge in [-0.1, -0.05) is 19.3 Å². The Kier molecular flexibility index (Phi) is 8.86. The van der Waals surface area contributed by atoms with Crippen molar-refractivity contribution in [2.24, 2.45) is 10.9 Å². The van der Waals surface area contributed by atoms with Crippen LogP contribution in [0, 0.1) is 5.92 Å². The molecule has 2 unspecified atom stereocenters. The summed E-state index contributed by atoms with van der Waals surface area (Å²) in [5.74, 6) is 1.45.